The Balaban J connectivity index is 1.64. The number of thioether (sulfide) groups is 1. The fourth-order valence-corrected chi connectivity index (χ4v) is 3.04. The van der Waals surface area contributed by atoms with Gasteiger partial charge in [0.2, 0.25) is 0 Å². The van der Waals surface area contributed by atoms with Crippen molar-refractivity contribution in [1.29, 1.82) is 0 Å². The van der Waals surface area contributed by atoms with Crippen molar-refractivity contribution < 1.29 is 14.3 Å². The number of amides is 1. The van der Waals surface area contributed by atoms with Gasteiger partial charge in [-0.15, -0.1) is 11.8 Å². The number of hydrogen-bond donors (Lipinski definition) is 1. The van der Waals surface area contributed by atoms with E-state index >= 15 is 0 Å². The Bertz CT molecular complexity index is 704. The lowest BCUT2D eigenvalue weighted by atomic mass is 10.2. The van der Waals surface area contributed by atoms with Gasteiger partial charge in [-0.25, -0.2) is 4.79 Å². The molecule has 0 aliphatic rings. The summed E-state index contributed by atoms with van der Waals surface area (Å²) in [7, 11) is 0. The van der Waals surface area contributed by atoms with Gasteiger partial charge >= 0.3 is 5.97 Å². The molecular formula is C18H18BrNO3S. The molecule has 0 aliphatic heterocycles. The maximum Gasteiger partial charge on any atom is 0.338 e. The van der Waals surface area contributed by atoms with E-state index in [2.05, 4.69) is 45.5 Å². The molecule has 0 aliphatic carbocycles. The molecule has 1 N–H and O–H groups in total. The first-order valence-corrected chi connectivity index (χ1v) is 9.21. The number of benzene rings is 2. The van der Waals surface area contributed by atoms with Gasteiger partial charge in [0, 0.05) is 21.7 Å². The number of esters is 1. The van der Waals surface area contributed by atoms with Crippen LogP contribution in [0.15, 0.2) is 57.9 Å². The van der Waals surface area contributed by atoms with Gasteiger partial charge in [0.25, 0.3) is 5.91 Å². The summed E-state index contributed by atoms with van der Waals surface area (Å²) in [5, 5.41) is 2.74. The second kappa shape index (κ2) is 9.49. The third-order valence-corrected chi connectivity index (χ3v) is 4.62. The van der Waals surface area contributed by atoms with E-state index in [-0.39, 0.29) is 12.5 Å². The van der Waals surface area contributed by atoms with Crippen molar-refractivity contribution in [2.24, 2.45) is 0 Å². The molecule has 24 heavy (non-hydrogen) atoms. The molecule has 0 aromatic heterocycles. The summed E-state index contributed by atoms with van der Waals surface area (Å²) in [4.78, 5) is 24.7. The molecule has 6 heteroatoms. The summed E-state index contributed by atoms with van der Waals surface area (Å²) in [6, 6.07) is 15.1. The Morgan fingerprint density at radius 2 is 1.92 bits per heavy atom. The molecule has 0 atom stereocenters. The molecular weight excluding hydrogens is 390 g/mol. The van der Waals surface area contributed by atoms with Crippen molar-refractivity contribution in [1.82, 2.24) is 5.32 Å². The minimum atomic E-state index is -0.513. The van der Waals surface area contributed by atoms with Gasteiger partial charge in [0.15, 0.2) is 6.61 Å². The smallest absolute Gasteiger partial charge is 0.338 e. The first-order valence-electron chi connectivity index (χ1n) is 7.43. The molecule has 0 heterocycles. The SMILES string of the molecule is Cc1ccc(SCCNC(=O)COC(=O)c2cccc(Br)c2)cc1. The Morgan fingerprint density at radius 3 is 2.62 bits per heavy atom. The van der Waals surface area contributed by atoms with Crippen LogP contribution in [-0.4, -0.2) is 30.8 Å². The normalized spacial score (nSPS) is 10.2. The molecule has 0 spiro atoms. The molecule has 2 aromatic carbocycles. The third kappa shape index (κ3) is 6.37. The zero-order valence-electron chi connectivity index (χ0n) is 13.3. The summed E-state index contributed by atoms with van der Waals surface area (Å²) < 4.78 is 5.78. The van der Waals surface area contributed by atoms with E-state index < -0.39 is 5.97 Å². The minimum absolute atomic E-state index is 0.277. The predicted molar refractivity (Wildman–Crippen MR) is 99.3 cm³/mol. The average Bonchev–Trinajstić information content (AvgIpc) is 2.58. The molecule has 0 fully saturated rings. The van der Waals surface area contributed by atoms with Gasteiger partial charge in [0.1, 0.15) is 0 Å². The number of carbonyl (C=O) groups excluding carboxylic acids is 2. The van der Waals surface area contributed by atoms with Gasteiger partial charge in [-0.05, 0) is 37.3 Å². The van der Waals surface area contributed by atoms with E-state index in [9.17, 15) is 9.59 Å². The van der Waals surface area contributed by atoms with Crippen LogP contribution in [0, 0.1) is 6.92 Å². The second-order valence-electron chi connectivity index (χ2n) is 5.10. The van der Waals surface area contributed by atoms with Crippen LogP contribution >= 0.6 is 27.7 Å². The summed E-state index contributed by atoms with van der Waals surface area (Å²) in [6.07, 6.45) is 0. The van der Waals surface area contributed by atoms with Gasteiger partial charge in [-0.3, -0.25) is 4.79 Å². The van der Waals surface area contributed by atoms with E-state index in [1.807, 2.05) is 13.0 Å². The number of nitrogens with one attached hydrogen (secondary N) is 1. The Hall–Kier alpha value is -1.79. The average molecular weight is 408 g/mol. The maximum absolute atomic E-state index is 11.8. The summed E-state index contributed by atoms with van der Waals surface area (Å²) >= 11 is 4.95. The third-order valence-electron chi connectivity index (χ3n) is 3.11. The van der Waals surface area contributed by atoms with E-state index in [0.717, 1.165) is 15.1 Å². The fourth-order valence-electron chi connectivity index (χ4n) is 1.87. The number of ether oxygens (including phenoxy) is 1. The van der Waals surface area contributed by atoms with Gasteiger partial charge in [-0.1, -0.05) is 39.7 Å². The highest BCUT2D eigenvalue weighted by molar-refractivity contribution is 9.10. The number of aryl methyl sites for hydroxylation is 1. The molecule has 0 radical (unpaired) electrons. The summed E-state index contributed by atoms with van der Waals surface area (Å²) in [5.41, 5.74) is 1.63. The number of rotatable bonds is 7. The lowest BCUT2D eigenvalue weighted by molar-refractivity contribution is -0.124. The van der Waals surface area contributed by atoms with Crippen molar-refractivity contribution in [2.75, 3.05) is 18.9 Å². The van der Waals surface area contributed by atoms with Crippen molar-refractivity contribution in [2.45, 2.75) is 11.8 Å². The molecule has 2 aromatic rings. The monoisotopic (exact) mass is 407 g/mol. The Morgan fingerprint density at radius 1 is 1.17 bits per heavy atom. The predicted octanol–water partition coefficient (Wildman–Crippen LogP) is 3.82. The molecule has 0 saturated heterocycles. The van der Waals surface area contributed by atoms with Crippen molar-refractivity contribution in [3.63, 3.8) is 0 Å². The lowest BCUT2D eigenvalue weighted by Crippen LogP contribution is -2.30. The molecule has 1 amide bonds. The van der Waals surface area contributed by atoms with E-state index in [1.54, 1.807) is 30.0 Å². The lowest BCUT2D eigenvalue weighted by Gasteiger charge is -2.07. The highest BCUT2D eigenvalue weighted by Gasteiger charge is 2.10. The Labute approximate surface area is 154 Å². The standard InChI is InChI=1S/C18H18BrNO3S/c1-13-5-7-16(8-6-13)24-10-9-20-17(21)12-23-18(22)14-3-2-4-15(19)11-14/h2-8,11H,9-10,12H2,1H3,(H,20,21). The Kier molecular flexibility index (Phi) is 7.34. The minimum Gasteiger partial charge on any atom is -0.452 e. The first kappa shape index (κ1) is 18.5. The van der Waals surface area contributed by atoms with Crippen LogP contribution in [0.5, 0.6) is 0 Å². The molecule has 126 valence electrons. The zero-order valence-corrected chi connectivity index (χ0v) is 15.7. The summed E-state index contributed by atoms with van der Waals surface area (Å²) in [6.45, 7) is 2.29. The van der Waals surface area contributed by atoms with Crippen LogP contribution in [0.25, 0.3) is 0 Å². The highest BCUT2D eigenvalue weighted by Crippen LogP contribution is 2.17. The van der Waals surface area contributed by atoms with Crippen LogP contribution in [-0.2, 0) is 9.53 Å². The van der Waals surface area contributed by atoms with Gasteiger partial charge < -0.3 is 10.1 Å². The van der Waals surface area contributed by atoms with E-state index in [1.165, 1.54) is 5.56 Å². The highest BCUT2D eigenvalue weighted by atomic mass is 79.9. The zero-order chi connectivity index (χ0) is 17.4. The second-order valence-corrected chi connectivity index (χ2v) is 7.18. The number of hydrogen-bond acceptors (Lipinski definition) is 4. The first-order chi connectivity index (χ1) is 11.5. The number of halogens is 1. The molecule has 4 nitrogen and oxygen atoms in total. The van der Waals surface area contributed by atoms with Crippen molar-refractivity contribution >= 4 is 39.6 Å². The van der Waals surface area contributed by atoms with Crippen LogP contribution in [0.2, 0.25) is 0 Å². The molecule has 0 bridgehead atoms. The molecule has 0 unspecified atom stereocenters. The van der Waals surface area contributed by atoms with Crippen LogP contribution in [0.3, 0.4) is 0 Å². The van der Waals surface area contributed by atoms with Gasteiger partial charge in [0.05, 0.1) is 5.56 Å². The topological polar surface area (TPSA) is 55.4 Å². The molecule has 0 saturated carbocycles. The maximum atomic E-state index is 11.8. The largest absolute Gasteiger partial charge is 0.452 e. The van der Waals surface area contributed by atoms with Gasteiger partial charge in [-0.2, -0.15) is 0 Å². The molecule has 2 rings (SSSR count). The van der Waals surface area contributed by atoms with E-state index in [0.29, 0.717) is 12.1 Å². The fraction of sp³-hybridized carbons (Fsp3) is 0.222. The summed E-state index contributed by atoms with van der Waals surface area (Å²) in [5.74, 6) is -0.0580. The van der Waals surface area contributed by atoms with E-state index in [4.69, 9.17) is 4.74 Å². The van der Waals surface area contributed by atoms with Crippen molar-refractivity contribution in [3.05, 3.63) is 64.1 Å². The van der Waals surface area contributed by atoms with Crippen LogP contribution < -0.4 is 5.32 Å². The number of carbonyl (C=O) groups is 2. The van der Waals surface area contributed by atoms with Crippen LogP contribution in [0.1, 0.15) is 15.9 Å². The quantitative estimate of drug-likeness (QED) is 0.430. The van der Waals surface area contributed by atoms with Crippen molar-refractivity contribution in [3.8, 4) is 0 Å². The van der Waals surface area contributed by atoms with Crippen LogP contribution in [0.4, 0.5) is 0 Å².